The van der Waals surface area contributed by atoms with E-state index in [1.807, 2.05) is 0 Å². The molecule has 23 heavy (non-hydrogen) atoms. The Balaban J connectivity index is 2.11. The molecule has 1 aliphatic heterocycles. The van der Waals surface area contributed by atoms with Gasteiger partial charge in [0, 0.05) is 0 Å². The van der Waals surface area contributed by atoms with Crippen LogP contribution in [0.15, 0.2) is 11.1 Å². The van der Waals surface area contributed by atoms with Crippen molar-refractivity contribution in [3.8, 4) is 0 Å². The average Bonchev–Trinajstić information content (AvgIpc) is 3.01. The topological polar surface area (TPSA) is 139 Å². The van der Waals surface area contributed by atoms with E-state index in [0.29, 0.717) is 0 Å². The number of hydrogen-bond acceptors (Lipinski definition) is 7. The van der Waals surface area contributed by atoms with E-state index in [2.05, 4.69) is 15.0 Å². The molecule has 0 saturated carbocycles. The summed E-state index contributed by atoms with van der Waals surface area (Å²) in [6.45, 7) is -1.30. The van der Waals surface area contributed by atoms with E-state index in [1.165, 1.54) is 0 Å². The highest BCUT2D eigenvalue weighted by atomic mass is 19.3. The van der Waals surface area contributed by atoms with Crippen molar-refractivity contribution in [1.29, 1.82) is 0 Å². The Hall–Kier alpha value is -2.18. The second kappa shape index (κ2) is 5.18. The van der Waals surface area contributed by atoms with Gasteiger partial charge in [-0.15, -0.1) is 0 Å². The number of nitrogens with one attached hydrogen (secondary N) is 1. The Bertz CT molecular complexity index is 796. The van der Waals surface area contributed by atoms with Crippen molar-refractivity contribution in [3.63, 3.8) is 0 Å². The van der Waals surface area contributed by atoms with Crippen LogP contribution in [0.4, 0.5) is 19.1 Å². The second-order valence-corrected chi connectivity index (χ2v) is 5.09. The van der Waals surface area contributed by atoms with E-state index < -0.39 is 42.7 Å². The Morgan fingerprint density at radius 2 is 2.26 bits per heavy atom. The number of H-pyrrole nitrogens is 1. The van der Waals surface area contributed by atoms with Gasteiger partial charge in [0.15, 0.2) is 29.2 Å². The molecule has 0 spiro atoms. The third-order valence-corrected chi connectivity index (χ3v) is 3.76. The van der Waals surface area contributed by atoms with Crippen LogP contribution in [-0.2, 0) is 4.74 Å². The Kier molecular flexibility index (Phi) is 3.54. The molecule has 1 aliphatic rings. The van der Waals surface area contributed by atoms with Gasteiger partial charge in [-0.1, -0.05) is 0 Å². The first-order chi connectivity index (χ1) is 10.8. The van der Waals surface area contributed by atoms with Gasteiger partial charge in [0.1, 0.15) is 6.10 Å². The van der Waals surface area contributed by atoms with Crippen LogP contribution in [0.5, 0.6) is 0 Å². The van der Waals surface area contributed by atoms with Crippen LogP contribution >= 0.6 is 0 Å². The summed E-state index contributed by atoms with van der Waals surface area (Å²) in [6.07, 6.45) is -8.74. The first-order valence-electron chi connectivity index (χ1n) is 6.43. The van der Waals surface area contributed by atoms with Crippen molar-refractivity contribution in [3.05, 3.63) is 16.7 Å². The zero-order valence-electron chi connectivity index (χ0n) is 11.4. The Labute approximate surface area is 125 Å². The molecule has 0 aromatic carbocycles. The van der Waals surface area contributed by atoms with Gasteiger partial charge in [-0.05, 0) is 0 Å². The number of imidazole rings is 1. The Morgan fingerprint density at radius 3 is 2.83 bits per heavy atom. The number of anilines is 1. The maximum atomic E-state index is 14.3. The van der Waals surface area contributed by atoms with E-state index in [0.717, 1.165) is 10.9 Å². The molecule has 9 nitrogen and oxygen atoms in total. The van der Waals surface area contributed by atoms with Crippen LogP contribution in [0.3, 0.4) is 0 Å². The lowest BCUT2D eigenvalue weighted by Gasteiger charge is -2.28. The number of nitrogens with two attached hydrogens (primary N) is 1. The maximum absolute atomic E-state index is 14.3. The SMILES string of the molecule is Nc1nc2c(ncn2[C@@H]2O[C@@](CO)(C(F)F)[C@@H](O)[C@@H]2F)c(=O)[nH]1. The zero-order valence-corrected chi connectivity index (χ0v) is 11.4. The monoisotopic (exact) mass is 335 g/mol. The van der Waals surface area contributed by atoms with Crippen molar-refractivity contribution in [2.75, 3.05) is 12.3 Å². The highest BCUT2D eigenvalue weighted by molar-refractivity contribution is 5.70. The van der Waals surface area contributed by atoms with Gasteiger partial charge in [0.05, 0.1) is 12.9 Å². The molecule has 0 unspecified atom stereocenters. The van der Waals surface area contributed by atoms with E-state index >= 15 is 0 Å². The fourth-order valence-electron chi connectivity index (χ4n) is 2.50. The molecule has 1 fully saturated rings. The molecular formula is C11H12F3N5O4. The summed E-state index contributed by atoms with van der Waals surface area (Å²) in [7, 11) is 0. The van der Waals surface area contributed by atoms with Gasteiger partial charge in [-0.2, -0.15) is 4.98 Å². The molecule has 12 heteroatoms. The molecule has 126 valence electrons. The molecule has 0 amide bonds. The molecule has 0 aliphatic carbocycles. The van der Waals surface area contributed by atoms with Crippen molar-refractivity contribution >= 4 is 17.1 Å². The van der Waals surface area contributed by atoms with Gasteiger partial charge in [0.2, 0.25) is 5.95 Å². The smallest absolute Gasteiger partial charge is 0.280 e. The molecule has 5 N–H and O–H groups in total. The van der Waals surface area contributed by atoms with Crippen molar-refractivity contribution < 1.29 is 28.1 Å². The predicted octanol–water partition coefficient (Wildman–Crippen LogP) is -1.07. The fourth-order valence-corrected chi connectivity index (χ4v) is 2.50. The van der Waals surface area contributed by atoms with Gasteiger partial charge in [-0.25, -0.2) is 18.2 Å². The fraction of sp³-hybridized carbons (Fsp3) is 0.545. The summed E-state index contributed by atoms with van der Waals surface area (Å²) in [5.74, 6) is -0.291. The second-order valence-electron chi connectivity index (χ2n) is 5.09. The first-order valence-corrected chi connectivity index (χ1v) is 6.43. The van der Waals surface area contributed by atoms with Crippen molar-refractivity contribution in [1.82, 2.24) is 19.5 Å². The average molecular weight is 335 g/mol. The number of fused-ring (bicyclic) bond motifs is 1. The lowest BCUT2D eigenvalue weighted by atomic mass is 9.97. The molecule has 2 aromatic rings. The van der Waals surface area contributed by atoms with E-state index in [4.69, 9.17) is 15.6 Å². The molecule has 0 bridgehead atoms. The summed E-state index contributed by atoms with van der Waals surface area (Å²) >= 11 is 0. The van der Waals surface area contributed by atoms with Crippen molar-refractivity contribution in [2.45, 2.75) is 30.5 Å². The molecule has 4 atom stereocenters. The zero-order chi connectivity index (χ0) is 16.9. The van der Waals surface area contributed by atoms with E-state index in [9.17, 15) is 23.1 Å². The van der Waals surface area contributed by atoms with Crippen LogP contribution in [0.25, 0.3) is 11.2 Å². The van der Waals surface area contributed by atoms with Crippen LogP contribution in [0.2, 0.25) is 0 Å². The lowest BCUT2D eigenvalue weighted by Crippen LogP contribution is -2.51. The van der Waals surface area contributed by atoms with Crippen LogP contribution < -0.4 is 11.3 Å². The number of aromatic amines is 1. The van der Waals surface area contributed by atoms with E-state index in [1.54, 1.807) is 0 Å². The number of nitrogens with zero attached hydrogens (tertiary/aromatic N) is 3. The van der Waals surface area contributed by atoms with Crippen LogP contribution in [0.1, 0.15) is 6.23 Å². The van der Waals surface area contributed by atoms with Gasteiger partial charge in [-0.3, -0.25) is 14.3 Å². The number of rotatable bonds is 3. The van der Waals surface area contributed by atoms with Crippen LogP contribution in [-0.4, -0.2) is 60.6 Å². The minimum absolute atomic E-state index is 0.200. The lowest BCUT2D eigenvalue weighted by molar-refractivity contribution is -0.194. The predicted molar refractivity (Wildman–Crippen MR) is 69.4 cm³/mol. The molecule has 2 aromatic heterocycles. The number of nitrogen functional groups attached to an aromatic ring is 1. The highest BCUT2D eigenvalue weighted by Gasteiger charge is 2.61. The maximum Gasteiger partial charge on any atom is 0.280 e. The van der Waals surface area contributed by atoms with Gasteiger partial charge in [0.25, 0.3) is 12.0 Å². The van der Waals surface area contributed by atoms with Gasteiger partial charge < -0.3 is 20.7 Å². The number of aliphatic hydroxyl groups excluding tert-OH is 2. The van der Waals surface area contributed by atoms with Crippen molar-refractivity contribution in [2.24, 2.45) is 0 Å². The summed E-state index contributed by atoms with van der Waals surface area (Å²) in [6, 6.07) is 0. The number of hydrogen-bond donors (Lipinski definition) is 4. The van der Waals surface area contributed by atoms with Gasteiger partial charge >= 0.3 is 0 Å². The normalized spacial score (nSPS) is 31.3. The summed E-state index contributed by atoms with van der Waals surface area (Å²) in [5, 5.41) is 18.9. The summed E-state index contributed by atoms with van der Waals surface area (Å²) < 4.78 is 46.4. The highest BCUT2D eigenvalue weighted by Crippen LogP contribution is 2.42. The largest absolute Gasteiger partial charge is 0.393 e. The molecular weight excluding hydrogens is 323 g/mol. The van der Waals surface area contributed by atoms with Crippen LogP contribution in [0, 0.1) is 0 Å². The molecule has 1 saturated heterocycles. The number of aliphatic hydroxyl groups is 2. The standard InChI is InChI=1S/C11H12F3N5O4/c12-3-5(21)11(1-20,9(13)14)23-8(3)19-2-16-4-6(19)17-10(15)18-7(4)22/h2-3,5,8-9,20-21H,1H2,(H3,15,17,18,22)/t3-,5-,8+,11+/m0/s1. The number of alkyl halides is 3. The minimum Gasteiger partial charge on any atom is -0.393 e. The molecule has 3 heterocycles. The minimum atomic E-state index is -3.35. The summed E-state index contributed by atoms with van der Waals surface area (Å²) in [4.78, 5) is 21.3. The summed E-state index contributed by atoms with van der Waals surface area (Å²) in [5.41, 5.74) is 1.49. The van der Waals surface area contributed by atoms with E-state index in [-0.39, 0.29) is 17.1 Å². The molecule has 0 radical (unpaired) electrons. The number of halogens is 3. The number of ether oxygens (including phenoxy) is 1. The quantitative estimate of drug-likeness (QED) is 0.560. The third kappa shape index (κ3) is 2.09. The first kappa shape index (κ1) is 15.7. The number of aromatic nitrogens is 4. The molecule has 3 rings (SSSR count). The Morgan fingerprint density at radius 1 is 1.57 bits per heavy atom. The third-order valence-electron chi connectivity index (χ3n) is 3.76.